The van der Waals surface area contributed by atoms with Crippen LogP contribution in [0.2, 0.25) is 0 Å². The number of nitrogens with one attached hydrogen (secondary N) is 1. The van der Waals surface area contributed by atoms with Crippen molar-refractivity contribution in [1.29, 1.82) is 0 Å². The third-order valence-electron chi connectivity index (χ3n) is 3.00. The van der Waals surface area contributed by atoms with Crippen LogP contribution in [0.25, 0.3) is 0 Å². The van der Waals surface area contributed by atoms with Gasteiger partial charge in [-0.2, -0.15) is 0 Å². The molecular weight excluding hydrogens is 334 g/mol. The molecule has 0 spiro atoms. The molecule has 4 heteroatoms. The summed E-state index contributed by atoms with van der Waals surface area (Å²) in [6, 6.07) is 6.22. The van der Waals surface area contributed by atoms with Crippen molar-refractivity contribution >= 4 is 37.5 Å². The van der Waals surface area contributed by atoms with Gasteiger partial charge in [-0.25, -0.2) is 0 Å². The maximum absolute atomic E-state index is 9.89. The molecule has 2 rings (SSSR count). The maximum atomic E-state index is 9.89. The van der Waals surface area contributed by atoms with E-state index in [1.54, 1.807) is 0 Å². The number of anilines is 1. The van der Waals surface area contributed by atoms with Crippen molar-refractivity contribution in [3.8, 4) is 0 Å². The molecule has 0 unspecified atom stereocenters. The van der Waals surface area contributed by atoms with Crippen LogP contribution in [0.15, 0.2) is 27.1 Å². The second kappa shape index (κ2) is 5.52. The van der Waals surface area contributed by atoms with Crippen LogP contribution in [0.3, 0.4) is 0 Å². The van der Waals surface area contributed by atoms with E-state index in [0.29, 0.717) is 0 Å². The summed E-state index contributed by atoms with van der Waals surface area (Å²) in [4.78, 5) is 0. The van der Waals surface area contributed by atoms with Crippen LogP contribution in [-0.2, 0) is 0 Å². The zero-order valence-electron chi connectivity index (χ0n) is 8.92. The molecule has 1 aromatic rings. The van der Waals surface area contributed by atoms with Crippen molar-refractivity contribution in [3.05, 3.63) is 27.1 Å². The summed E-state index contributed by atoms with van der Waals surface area (Å²) in [5.41, 5.74) is 1.05. The Hall–Kier alpha value is -0.0600. The number of hydrogen-bond donors (Lipinski definition) is 2. The molecule has 16 heavy (non-hydrogen) atoms. The van der Waals surface area contributed by atoms with Gasteiger partial charge in [0.05, 0.1) is 12.1 Å². The molecule has 2 nitrogen and oxygen atoms in total. The lowest BCUT2D eigenvalue weighted by Gasteiger charge is -2.29. The lowest BCUT2D eigenvalue weighted by molar-refractivity contribution is 0.116. The summed E-state index contributed by atoms with van der Waals surface area (Å²) < 4.78 is 2.08. The first-order valence-electron chi connectivity index (χ1n) is 5.56. The molecule has 0 saturated heterocycles. The normalized spacial score (nSPS) is 25.4. The highest BCUT2D eigenvalue weighted by Gasteiger charge is 2.23. The van der Waals surface area contributed by atoms with Crippen molar-refractivity contribution in [2.75, 3.05) is 5.32 Å². The minimum atomic E-state index is -0.218. The molecule has 0 aromatic heterocycles. The van der Waals surface area contributed by atoms with E-state index in [0.717, 1.165) is 33.9 Å². The van der Waals surface area contributed by atoms with Gasteiger partial charge in [0, 0.05) is 14.6 Å². The van der Waals surface area contributed by atoms with Crippen LogP contribution in [-0.4, -0.2) is 17.3 Å². The summed E-state index contributed by atoms with van der Waals surface area (Å²) in [5.74, 6) is 0. The van der Waals surface area contributed by atoms with E-state index >= 15 is 0 Å². The highest BCUT2D eigenvalue weighted by molar-refractivity contribution is 9.11. The van der Waals surface area contributed by atoms with E-state index in [1.165, 1.54) is 6.42 Å². The Morgan fingerprint density at radius 2 is 1.94 bits per heavy atom. The third kappa shape index (κ3) is 2.99. The Morgan fingerprint density at radius 1 is 1.19 bits per heavy atom. The average Bonchev–Trinajstić information content (AvgIpc) is 2.25. The Kier molecular flexibility index (Phi) is 4.27. The van der Waals surface area contributed by atoms with Gasteiger partial charge >= 0.3 is 0 Å². The van der Waals surface area contributed by atoms with E-state index in [4.69, 9.17) is 0 Å². The van der Waals surface area contributed by atoms with Gasteiger partial charge in [-0.15, -0.1) is 0 Å². The first-order chi connectivity index (χ1) is 7.66. The summed E-state index contributed by atoms with van der Waals surface area (Å²) in [6.45, 7) is 0. The Morgan fingerprint density at radius 3 is 2.62 bits per heavy atom. The van der Waals surface area contributed by atoms with E-state index in [2.05, 4.69) is 37.2 Å². The summed E-state index contributed by atoms with van der Waals surface area (Å²) in [6.07, 6.45) is 4.07. The summed E-state index contributed by atoms with van der Waals surface area (Å²) in [5, 5.41) is 13.3. The molecule has 0 aliphatic heterocycles. The van der Waals surface area contributed by atoms with Crippen molar-refractivity contribution < 1.29 is 5.11 Å². The summed E-state index contributed by atoms with van der Waals surface area (Å²) >= 11 is 6.95. The number of halogens is 2. The number of aliphatic hydroxyl groups is 1. The second-order valence-corrected chi connectivity index (χ2v) is 6.00. The predicted octanol–water partition coefficient (Wildman–Crippen LogP) is 3.93. The van der Waals surface area contributed by atoms with Gasteiger partial charge in [0.25, 0.3) is 0 Å². The molecule has 0 heterocycles. The Bertz CT molecular complexity index is 370. The van der Waals surface area contributed by atoms with Crippen molar-refractivity contribution in [1.82, 2.24) is 0 Å². The first kappa shape index (κ1) is 12.4. The van der Waals surface area contributed by atoms with Gasteiger partial charge in [-0.1, -0.05) is 28.8 Å². The predicted molar refractivity (Wildman–Crippen MR) is 73.7 cm³/mol. The van der Waals surface area contributed by atoms with E-state index in [1.807, 2.05) is 18.2 Å². The fourth-order valence-corrected chi connectivity index (χ4v) is 3.25. The molecule has 1 fully saturated rings. The minimum Gasteiger partial charge on any atom is -0.391 e. The van der Waals surface area contributed by atoms with E-state index < -0.39 is 0 Å². The largest absolute Gasteiger partial charge is 0.391 e. The fourth-order valence-electron chi connectivity index (χ4n) is 2.09. The molecule has 1 saturated carbocycles. The maximum Gasteiger partial charge on any atom is 0.0741 e. The van der Waals surface area contributed by atoms with Crippen LogP contribution in [0, 0.1) is 0 Å². The molecule has 1 aliphatic rings. The standard InChI is InChI=1S/C12H15Br2NO/c13-8-5-6-10(9(14)7-8)15-11-3-1-2-4-12(11)16/h5-7,11-12,15-16H,1-4H2/t11-,12-/m1/s1. The molecule has 0 bridgehead atoms. The minimum absolute atomic E-state index is 0.186. The van der Waals surface area contributed by atoms with Gasteiger partial charge < -0.3 is 10.4 Å². The van der Waals surface area contributed by atoms with Crippen LogP contribution >= 0.6 is 31.9 Å². The first-order valence-corrected chi connectivity index (χ1v) is 7.15. The van der Waals surface area contributed by atoms with Crippen molar-refractivity contribution in [3.63, 3.8) is 0 Å². The molecule has 1 aliphatic carbocycles. The van der Waals surface area contributed by atoms with Crippen molar-refractivity contribution in [2.45, 2.75) is 37.8 Å². The number of benzene rings is 1. The van der Waals surface area contributed by atoms with Gasteiger partial charge in [0.15, 0.2) is 0 Å². The lowest BCUT2D eigenvalue weighted by Crippen LogP contribution is -2.36. The molecule has 2 N–H and O–H groups in total. The number of rotatable bonds is 2. The van der Waals surface area contributed by atoms with Gasteiger partial charge in [-0.05, 0) is 47.0 Å². The van der Waals surface area contributed by atoms with Crippen molar-refractivity contribution in [2.24, 2.45) is 0 Å². The fraction of sp³-hybridized carbons (Fsp3) is 0.500. The SMILES string of the molecule is O[C@@H]1CCCC[C@H]1Nc1ccc(Br)cc1Br. The topological polar surface area (TPSA) is 32.3 Å². The average molecular weight is 349 g/mol. The molecule has 0 radical (unpaired) electrons. The Balaban J connectivity index is 2.07. The highest BCUT2D eigenvalue weighted by Crippen LogP contribution is 2.29. The lowest BCUT2D eigenvalue weighted by atomic mass is 9.92. The molecular formula is C12H15Br2NO. The smallest absolute Gasteiger partial charge is 0.0741 e. The zero-order chi connectivity index (χ0) is 11.5. The Labute approximate surface area is 113 Å². The molecule has 0 amide bonds. The highest BCUT2D eigenvalue weighted by atomic mass is 79.9. The molecule has 88 valence electrons. The van der Waals surface area contributed by atoms with Crippen LogP contribution in [0.5, 0.6) is 0 Å². The van der Waals surface area contributed by atoms with Gasteiger partial charge in [-0.3, -0.25) is 0 Å². The van der Waals surface area contributed by atoms with Crippen LogP contribution < -0.4 is 5.32 Å². The number of aliphatic hydroxyl groups excluding tert-OH is 1. The number of hydrogen-bond acceptors (Lipinski definition) is 2. The molecule has 2 atom stereocenters. The monoisotopic (exact) mass is 347 g/mol. The molecule has 1 aromatic carbocycles. The third-order valence-corrected chi connectivity index (χ3v) is 4.15. The van der Waals surface area contributed by atoms with Crippen LogP contribution in [0.4, 0.5) is 5.69 Å². The van der Waals surface area contributed by atoms with Crippen LogP contribution in [0.1, 0.15) is 25.7 Å². The summed E-state index contributed by atoms with van der Waals surface area (Å²) in [7, 11) is 0. The van der Waals surface area contributed by atoms with Gasteiger partial charge in [0.2, 0.25) is 0 Å². The zero-order valence-corrected chi connectivity index (χ0v) is 12.1. The van der Waals surface area contributed by atoms with E-state index in [9.17, 15) is 5.11 Å². The van der Waals surface area contributed by atoms with E-state index in [-0.39, 0.29) is 12.1 Å². The van der Waals surface area contributed by atoms with Gasteiger partial charge in [0.1, 0.15) is 0 Å². The quantitative estimate of drug-likeness (QED) is 0.848. The second-order valence-electron chi connectivity index (χ2n) is 4.23.